The third kappa shape index (κ3) is 3.63. The first-order valence-electron chi connectivity index (χ1n) is 9.87. The Labute approximate surface area is 182 Å². The molecular formula is C23H20N2O3S2. The van der Waals surface area contributed by atoms with Gasteiger partial charge in [0.25, 0.3) is 0 Å². The van der Waals surface area contributed by atoms with Gasteiger partial charge in [-0.15, -0.1) is 11.3 Å². The zero-order valence-electron chi connectivity index (χ0n) is 16.5. The number of thiophene rings is 1. The van der Waals surface area contributed by atoms with Crippen LogP contribution in [0.5, 0.6) is 0 Å². The van der Waals surface area contributed by atoms with Crippen molar-refractivity contribution in [2.45, 2.75) is 36.5 Å². The average molecular weight is 437 g/mol. The van der Waals surface area contributed by atoms with Crippen molar-refractivity contribution in [2.75, 3.05) is 7.11 Å². The molecule has 0 radical (unpaired) electrons. The van der Waals surface area contributed by atoms with Gasteiger partial charge in [-0.1, -0.05) is 30.0 Å². The van der Waals surface area contributed by atoms with E-state index in [-0.39, 0.29) is 5.76 Å². The first-order valence-corrected chi connectivity index (χ1v) is 11.7. The average Bonchev–Trinajstić information content (AvgIpc) is 3.44. The fraction of sp³-hybridized carbons (Fsp3) is 0.261. The third-order valence-electron chi connectivity index (χ3n) is 5.39. The summed E-state index contributed by atoms with van der Waals surface area (Å²) in [6.45, 7) is 0. The maximum absolute atomic E-state index is 11.6. The standard InChI is InChI=1S/C23H20N2O3S2/c1-27-23(26)19-9-8-17(28-19)11-29-21-20-18(12-30-22(20)25-13-24-21)16-7-6-14-4-2-3-5-15(14)10-16/h6-10,12-13H,2-5,11H2,1H3. The van der Waals surface area contributed by atoms with E-state index in [4.69, 9.17) is 9.15 Å². The highest BCUT2D eigenvalue weighted by molar-refractivity contribution is 7.98. The molecule has 7 heteroatoms. The highest BCUT2D eigenvalue weighted by Crippen LogP contribution is 2.39. The SMILES string of the molecule is COC(=O)c1ccc(CSc2ncnc3scc(-c4ccc5c(c4)CCCC5)c23)o1. The normalized spacial score (nSPS) is 13.4. The Morgan fingerprint density at radius 3 is 2.90 bits per heavy atom. The quantitative estimate of drug-likeness (QED) is 0.220. The van der Waals surface area contributed by atoms with Crippen LogP contribution in [0.2, 0.25) is 0 Å². The van der Waals surface area contributed by atoms with Crippen molar-refractivity contribution in [1.82, 2.24) is 9.97 Å². The van der Waals surface area contributed by atoms with Gasteiger partial charge < -0.3 is 9.15 Å². The molecule has 0 atom stereocenters. The highest BCUT2D eigenvalue weighted by atomic mass is 32.2. The summed E-state index contributed by atoms with van der Waals surface area (Å²) < 4.78 is 10.3. The summed E-state index contributed by atoms with van der Waals surface area (Å²) in [5.74, 6) is 1.02. The summed E-state index contributed by atoms with van der Waals surface area (Å²) in [4.78, 5) is 21.6. The highest BCUT2D eigenvalue weighted by Gasteiger charge is 2.17. The molecular weight excluding hydrogens is 416 g/mol. The monoisotopic (exact) mass is 436 g/mol. The van der Waals surface area contributed by atoms with Crippen LogP contribution < -0.4 is 0 Å². The number of aryl methyl sites for hydroxylation is 2. The molecule has 1 aliphatic rings. The molecule has 0 aliphatic heterocycles. The molecule has 0 saturated carbocycles. The van der Waals surface area contributed by atoms with Crippen LogP contribution in [-0.4, -0.2) is 23.0 Å². The van der Waals surface area contributed by atoms with Crippen LogP contribution in [0.15, 0.2) is 51.5 Å². The number of methoxy groups -OCH3 is 1. The molecule has 5 nitrogen and oxygen atoms in total. The van der Waals surface area contributed by atoms with Gasteiger partial charge in [0, 0.05) is 10.9 Å². The molecule has 1 aromatic carbocycles. The van der Waals surface area contributed by atoms with Crippen molar-refractivity contribution in [3.05, 3.63) is 64.7 Å². The fourth-order valence-corrected chi connectivity index (χ4v) is 5.76. The minimum Gasteiger partial charge on any atom is -0.463 e. The van der Waals surface area contributed by atoms with E-state index in [1.165, 1.54) is 48.6 Å². The van der Waals surface area contributed by atoms with Crippen LogP contribution in [0, 0.1) is 0 Å². The van der Waals surface area contributed by atoms with Crippen LogP contribution in [-0.2, 0) is 23.3 Å². The smallest absolute Gasteiger partial charge is 0.373 e. The number of hydrogen-bond donors (Lipinski definition) is 0. The minimum absolute atomic E-state index is 0.214. The van der Waals surface area contributed by atoms with Crippen molar-refractivity contribution in [2.24, 2.45) is 0 Å². The van der Waals surface area contributed by atoms with Crippen LogP contribution in [0.1, 0.15) is 40.3 Å². The van der Waals surface area contributed by atoms with Gasteiger partial charge in [0.2, 0.25) is 5.76 Å². The van der Waals surface area contributed by atoms with E-state index in [0.717, 1.165) is 21.7 Å². The topological polar surface area (TPSA) is 65.2 Å². The molecule has 0 bridgehead atoms. The molecule has 4 aromatic rings. The number of thioether (sulfide) groups is 1. The molecule has 3 aromatic heterocycles. The van der Waals surface area contributed by atoms with Crippen molar-refractivity contribution in [1.29, 1.82) is 0 Å². The largest absolute Gasteiger partial charge is 0.463 e. The Balaban J connectivity index is 1.46. The molecule has 0 N–H and O–H groups in total. The second kappa shape index (κ2) is 8.24. The number of carbonyl (C=O) groups is 1. The minimum atomic E-state index is -0.469. The number of benzene rings is 1. The Morgan fingerprint density at radius 2 is 2.03 bits per heavy atom. The van der Waals surface area contributed by atoms with Gasteiger partial charge >= 0.3 is 5.97 Å². The van der Waals surface area contributed by atoms with Gasteiger partial charge in [-0.05, 0) is 54.5 Å². The zero-order valence-corrected chi connectivity index (χ0v) is 18.1. The van der Waals surface area contributed by atoms with Gasteiger partial charge in [0.1, 0.15) is 21.9 Å². The lowest BCUT2D eigenvalue weighted by Crippen LogP contribution is -2.02. The molecule has 0 fully saturated rings. The number of aromatic nitrogens is 2. The Bertz CT molecular complexity index is 1230. The van der Waals surface area contributed by atoms with E-state index in [1.807, 2.05) is 0 Å². The summed E-state index contributed by atoms with van der Waals surface area (Å²) in [6, 6.07) is 10.3. The fourth-order valence-electron chi connectivity index (χ4n) is 3.88. The number of hydrogen-bond acceptors (Lipinski definition) is 7. The Morgan fingerprint density at radius 1 is 1.17 bits per heavy atom. The van der Waals surface area contributed by atoms with Crippen LogP contribution in [0.4, 0.5) is 0 Å². The molecule has 5 rings (SSSR count). The van der Waals surface area contributed by atoms with Gasteiger partial charge in [-0.3, -0.25) is 0 Å². The lowest BCUT2D eigenvalue weighted by Gasteiger charge is -2.16. The van der Waals surface area contributed by atoms with Crippen molar-refractivity contribution >= 4 is 39.3 Å². The third-order valence-corrected chi connectivity index (χ3v) is 7.29. The number of carbonyl (C=O) groups excluding carboxylic acids is 1. The van der Waals surface area contributed by atoms with Crippen molar-refractivity contribution in [3.63, 3.8) is 0 Å². The molecule has 0 spiro atoms. The van der Waals surface area contributed by atoms with E-state index in [0.29, 0.717) is 11.5 Å². The van der Waals surface area contributed by atoms with Gasteiger partial charge in [-0.25, -0.2) is 14.8 Å². The molecule has 0 unspecified atom stereocenters. The summed E-state index contributed by atoms with van der Waals surface area (Å²) in [5.41, 5.74) is 5.36. The summed E-state index contributed by atoms with van der Waals surface area (Å²) in [5, 5.41) is 4.18. The van der Waals surface area contributed by atoms with Gasteiger partial charge in [0.15, 0.2) is 0 Å². The second-order valence-electron chi connectivity index (χ2n) is 7.25. The lowest BCUT2D eigenvalue weighted by molar-refractivity contribution is 0.0563. The van der Waals surface area contributed by atoms with E-state index < -0.39 is 5.97 Å². The number of fused-ring (bicyclic) bond motifs is 2. The number of nitrogens with zero attached hydrogens (tertiary/aromatic N) is 2. The van der Waals surface area contributed by atoms with E-state index in [2.05, 4.69) is 33.5 Å². The molecule has 30 heavy (non-hydrogen) atoms. The Kier molecular flexibility index (Phi) is 5.31. The van der Waals surface area contributed by atoms with E-state index in [1.54, 1.807) is 41.6 Å². The molecule has 0 amide bonds. The number of esters is 1. The zero-order chi connectivity index (χ0) is 20.5. The van der Waals surface area contributed by atoms with Gasteiger partial charge in [0.05, 0.1) is 18.2 Å². The Hall–Kier alpha value is -2.64. The first-order chi connectivity index (χ1) is 14.7. The maximum Gasteiger partial charge on any atom is 0.373 e. The number of furan rings is 1. The van der Waals surface area contributed by atoms with Gasteiger partial charge in [-0.2, -0.15) is 0 Å². The van der Waals surface area contributed by atoms with E-state index in [9.17, 15) is 4.79 Å². The molecule has 1 aliphatic carbocycles. The van der Waals surface area contributed by atoms with Crippen LogP contribution in [0.25, 0.3) is 21.3 Å². The second-order valence-corrected chi connectivity index (χ2v) is 9.07. The summed E-state index contributed by atoms with van der Waals surface area (Å²) >= 11 is 3.23. The number of rotatable bonds is 5. The molecule has 3 heterocycles. The predicted molar refractivity (Wildman–Crippen MR) is 119 cm³/mol. The first kappa shape index (κ1) is 19.3. The molecule has 152 valence electrons. The van der Waals surface area contributed by atoms with Crippen molar-refractivity contribution in [3.8, 4) is 11.1 Å². The van der Waals surface area contributed by atoms with Crippen molar-refractivity contribution < 1.29 is 13.9 Å². The van der Waals surface area contributed by atoms with Crippen LogP contribution in [0.3, 0.4) is 0 Å². The summed E-state index contributed by atoms with van der Waals surface area (Å²) in [7, 11) is 1.34. The lowest BCUT2D eigenvalue weighted by atomic mass is 9.89. The van der Waals surface area contributed by atoms with Crippen LogP contribution >= 0.6 is 23.1 Å². The number of ether oxygens (including phenoxy) is 1. The predicted octanol–water partition coefficient (Wildman–Crippen LogP) is 5.91. The molecule has 0 saturated heterocycles. The maximum atomic E-state index is 11.6. The summed E-state index contributed by atoms with van der Waals surface area (Å²) in [6.07, 6.45) is 6.50. The van der Waals surface area contributed by atoms with E-state index >= 15 is 0 Å².